The van der Waals surface area contributed by atoms with Gasteiger partial charge in [-0.15, -0.1) is 0 Å². The summed E-state index contributed by atoms with van der Waals surface area (Å²) >= 11 is 1.73. The van der Waals surface area contributed by atoms with Gasteiger partial charge in [0.25, 0.3) is 23.1 Å². The van der Waals surface area contributed by atoms with Gasteiger partial charge in [-0.2, -0.15) is 22.6 Å². The smallest absolute Gasteiger partial charge is 0.305 e. The molecule has 4 aliphatic rings. The lowest BCUT2D eigenvalue weighted by Crippen LogP contribution is -2.31. The second-order valence-electron chi connectivity index (χ2n) is 21.2. The molecule has 0 atom stereocenters. The summed E-state index contributed by atoms with van der Waals surface area (Å²) in [6.45, 7) is 1.06. The highest BCUT2D eigenvalue weighted by atomic mass is 32.1. The number of aryl methyl sites for hydroxylation is 2. The molecule has 21 rings (SSSR count). The van der Waals surface area contributed by atoms with Crippen molar-refractivity contribution in [1.82, 2.24) is 76.2 Å². The Labute approximate surface area is 483 Å². The molecule has 0 aliphatic carbocycles. The van der Waals surface area contributed by atoms with E-state index in [4.69, 9.17) is 4.11 Å². The van der Waals surface area contributed by atoms with Gasteiger partial charge in [0.05, 0.1) is 46.3 Å². The van der Waals surface area contributed by atoms with E-state index in [0.29, 0.717) is 17.7 Å². The molecule has 0 bridgehead atoms. The molecule has 0 radical (unpaired) electrons. The molecule has 20 heterocycles. The number of benzene rings is 1. The molecule has 17 aromatic rings. The fourth-order valence-electron chi connectivity index (χ4n) is 13.0. The van der Waals surface area contributed by atoms with E-state index in [2.05, 4.69) is 159 Å². The van der Waals surface area contributed by atoms with Crippen LogP contribution in [0.1, 0.15) is 26.4 Å². The lowest BCUT2D eigenvalue weighted by molar-refractivity contribution is -0.670. The molecule has 1 aromatic carbocycles. The summed E-state index contributed by atoms with van der Waals surface area (Å²) in [4.78, 5) is 39.6. The third-order valence-electron chi connectivity index (χ3n) is 16.7. The van der Waals surface area contributed by atoms with Crippen molar-refractivity contribution in [2.45, 2.75) is 26.2 Å². The highest BCUT2D eigenvalue weighted by molar-refractivity contribution is 7.20. The first-order valence-corrected chi connectivity index (χ1v) is 28.1. The lowest BCUT2D eigenvalue weighted by atomic mass is 10.2. The Balaban J connectivity index is 0.0000000877. The van der Waals surface area contributed by atoms with E-state index in [0.717, 1.165) is 86.1 Å². The minimum absolute atomic E-state index is 0.644. The third-order valence-corrected chi connectivity index (χ3v) is 17.8. The summed E-state index contributed by atoms with van der Waals surface area (Å²) in [6.07, 6.45) is 35.9. The largest absolute Gasteiger partial charge is 0.327 e. The minimum atomic E-state index is -2.25. The molecule has 0 saturated carbocycles. The first-order valence-electron chi connectivity index (χ1n) is 28.8. The maximum absolute atomic E-state index is 7.90. The SMILES string of the molecule is Cn1c2ccncc2n2c3[n+](cc12)Cc1cnccc1-3.[2H]C([2H])([2H])n1c2ccncc2n2c3[n+](cc12)Cc1cnccc1-3.c1cc2c(cn1)C[n+]1c-2sc2nc3ccncn3c21.c1ccc(-n2c3ccncc3n3c4[n+](cc23)Cc2cnccc2-4)cc1. The van der Waals surface area contributed by atoms with Crippen LogP contribution < -0.4 is 18.3 Å². The van der Waals surface area contributed by atoms with Gasteiger partial charge in [0.15, 0.2) is 46.5 Å². The normalized spacial score (nSPS) is 13.6. The average Bonchev–Trinajstić information content (AvgIpc) is 1.72. The van der Waals surface area contributed by atoms with Crippen LogP contribution in [0.25, 0.3) is 117 Å². The molecule has 0 fully saturated rings. The van der Waals surface area contributed by atoms with Crippen LogP contribution >= 0.6 is 11.3 Å². The molecule has 16 aromatic heterocycles. The Morgan fingerprint density at radius 2 is 0.917 bits per heavy atom. The molecule has 4 aliphatic heterocycles. The molecule has 0 N–H and O–H groups in total. The van der Waals surface area contributed by atoms with Crippen molar-refractivity contribution in [2.24, 2.45) is 14.0 Å². The number of para-hydroxylation sites is 1. The highest BCUT2D eigenvalue weighted by Crippen LogP contribution is 2.37. The zero-order valence-corrected chi connectivity index (χ0v) is 45.5. The van der Waals surface area contributed by atoms with E-state index >= 15 is 0 Å². The number of pyridine rings is 7. The van der Waals surface area contributed by atoms with Gasteiger partial charge in [0.2, 0.25) is 21.8 Å². The number of thiazole rings is 1. The van der Waals surface area contributed by atoms with Crippen molar-refractivity contribution in [3.8, 4) is 50.4 Å². The Bertz CT molecular complexity index is 5700. The van der Waals surface area contributed by atoms with E-state index in [1.807, 2.05) is 103 Å². The number of rotatable bonds is 1. The highest BCUT2D eigenvalue weighted by Gasteiger charge is 2.37. The first-order chi connectivity index (χ1) is 42.7. The summed E-state index contributed by atoms with van der Waals surface area (Å²) < 4.78 is 47.2. The van der Waals surface area contributed by atoms with E-state index in [9.17, 15) is 0 Å². The number of nitrogens with zero attached hydrogens (tertiary/aromatic N) is 20. The van der Waals surface area contributed by atoms with Crippen molar-refractivity contribution >= 4 is 77.5 Å². The van der Waals surface area contributed by atoms with Crippen molar-refractivity contribution in [3.63, 3.8) is 0 Å². The van der Waals surface area contributed by atoms with Gasteiger partial charge in [0.1, 0.15) is 31.7 Å². The fourth-order valence-corrected chi connectivity index (χ4v) is 14.2. The predicted molar refractivity (Wildman–Crippen MR) is 314 cm³/mol. The number of imidazole rings is 7. The maximum atomic E-state index is 7.90. The second-order valence-corrected chi connectivity index (χ2v) is 22.1. The van der Waals surface area contributed by atoms with Gasteiger partial charge in [-0.05, 0) is 54.6 Å². The number of fused-ring (bicyclic) bond motifs is 28. The number of hydrogen-bond donors (Lipinski definition) is 0. The van der Waals surface area contributed by atoms with Crippen LogP contribution in [0.15, 0.2) is 197 Å². The zero-order chi connectivity index (χ0) is 57.8. The fraction of sp³-hybridized carbons (Fsp3) is 0.0952. The van der Waals surface area contributed by atoms with Gasteiger partial charge in [0, 0.05) is 132 Å². The second kappa shape index (κ2) is 17.7. The van der Waals surface area contributed by atoms with Crippen LogP contribution in [0, 0.1) is 0 Å². The zero-order valence-electron chi connectivity index (χ0n) is 47.7. The Kier molecular flexibility index (Phi) is 9.16. The summed E-state index contributed by atoms with van der Waals surface area (Å²) in [5.41, 5.74) is 22.0. The summed E-state index contributed by atoms with van der Waals surface area (Å²) in [7, 11) is 2.10. The standard InChI is InChI=1S/C20H14N5.2C15H12N5.C13H8N5S/c1-2-4-15(5-3-1)24-17-7-9-22-11-18(17)25-19(24)13-23-12-14-10-21-8-6-16(14)20(23)25;2*1-18-12-3-5-17-7-13(12)20-14(18)9-19-8-10-6-16-4-2-11(10)15(19)20;1-3-14-5-8-6-17-12-11(19-13(17)9(1)8)16-10-2-4-15-7-18(10)12/h1-11,13H,12H2;2*2-7,9H,8H2,1H3;1-5,7H,6H2/q4*+1/i;1D3;;. The molecule has 0 spiro atoms. The van der Waals surface area contributed by atoms with Crippen molar-refractivity contribution in [1.29, 1.82) is 0 Å². The third kappa shape index (κ3) is 6.59. The Morgan fingerprint density at radius 1 is 0.452 bits per heavy atom. The van der Waals surface area contributed by atoms with Crippen LogP contribution in [0.4, 0.5) is 0 Å². The quantitative estimate of drug-likeness (QED) is 0.150. The number of aromatic nitrogens is 20. The topological polar surface area (TPSA) is 164 Å². The molecule has 84 heavy (non-hydrogen) atoms. The molecule has 21 heteroatoms. The summed E-state index contributed by atoms with van der Waals surface area (Å²) in [5, 5.41) is 1.26. The van der Waals surface area contributed by atoms with E-state index < -0.39 is 6.98 Å². The molecule has 0 saturated heterocycles. The molecule has 0 unspecified atom stereocenters. The monoisotopic (exact) mass is 1120 g/mol. The van der Waals surface area contributed by atoms with E-state index in [-0.39, 0.29) is 0 Å². The van der Waals surface area contributed by atoms with E-state index in [1.54, 1.807) is 42.2 Å². The molecule has 0 amide bonds. The van der Waals surface area contributed by atoms with Crippen LogP contribution in [0.5, 0.6) is 0 Å². The summed E-state index contributed by atoms with van der Waals surface area (Å²) in [5.74, 6) is 3.38. The maximum Gasteiger partial charge on any atom is 0.327 e. The Morgan fingerprint density at radius 3 is 1.50 bits per heavy atom. The minimum Gasteiger partial charge on any atom is -0.305 e. The van der Waals surface area contributed by atoms with Gasteiger partial charge < -0.3 is 9.13 Å². The van der Waals surface area contributed by atoms with Gasteiger partial charge >= 0.3 is 5.65 Å². The van der Waals surface area contributed by atoms with Gasteiger partial charge in [-0.1, -0.05) is 29.5 Å². The molecule has 20 nitrogen and oxygen atoms in total. The number of hydrogen-bond acceptors (Lipinski definition) is 10. The summed E-state index contributed by atoms with van der Waals surface area (Å²) in [6, 6.07) is 26.5. The average molecular weight is 1120 g/mol. The van der Waals surface area contributed by atoms with Crippen LogP contribution in [0.3, 0.4) is 0 Å². The van der Waals surface area contributed by atoms with Crippen LogP contribution in [-0.4, -0.2) is 76.2 Å². The van der Waals surface area contributed by atoms with Crippen molar-refractivity contribution in [3.05, 3.63) is 219 Å². The molecular formula is C63H46N20S+4. The first kappa shape index (κ1) is 43.6. The van der Waals surface area contributed by atoms with Gasteiger partial charge in [-0.3, -0.25) is 39.5 Å². The molecular weight excluding hydrogens is 1070 g/mol. The van der Waals surface area contributed by atoms with Crippen LogP contribution in [-0.2, 0) is 40.2 Å². The van der Waals surface area contributed by atoms with Crippen molar-refractivity contribution in [2.75, 3.05) is 0 Å². The van der Waals surface area contributed by atoms with Crippen molar-refractivity contribution < 1.29 is 22.4 Å². The van der Waals surface area contributed by atoms with E-state index in [1.165, 1.54) is 65.8 Å². The predicted octanol–water partition coefficient (Wildman–Crippen LogP) is 7.72. The van der Waals surface area contributed by atoms with Crippen LogP contribution in [0.2, 0.25) is 0 Å². The lowest BCUT2D eigenvalue weighted by Gasteiger charge is -2.02. The van der Waals surface area contributed by atoms with Gasteiger partial charge in [-0.25, -0.2) is 23.3 Å². The Hall–Kier alpha value is -11.2. The molecule has 400 valence electrons.